The third-order valence-corrected chi connectivity index (χ3v) is 8.17. The topological polar surface area (TPSA) is 88.8 Å². The highest BCUT2D eigenvalue weighted by atomic mass is 35.5. The molecule has 0 radical (unpaired) electrons. The Balaban J connectivity index is 1.10. The van der Waals surface area contributed by atoms with Crippen molar-refractivity contribution in [3.8, 4) is 0 Å². The quantitative estimate of drug-likeness (QED) is 0.395. The average Bonchev–Trinajstić information content (AvgIpc) is 3.52. The van der Waals surface area contributed by atoms with Crippen LogP contribution in [0, 0.1) is 0 Å². The standard InChI is InChI=1S/C29H30ClN5O3S/c1-29(2,3)38-28(37)32-22-15-34(16-22)27-33-26(36)25(39-27)11-17-4-9-24-20(10-17)13-31-35(24)14-19-7-8-21(30)12-23(19)18-5-6-18/h4,7-13,18,22H,5-6,14-16H2,1-3H3,(H,32,37). The number of amides is 2. The number of aliphatic imine (C=N–C) groups is 1. The lowest BCUT2D eigenvalue weighted by Crippen LogP contribution is -2.60. The van der Waals surface area contributed by atoms with Gasteiger partial charge in [0.25, 0.3) is 5.91 Å². The summed E-state index contributed by atoms with van der Waals surface area (Å²) >= 11 is 7.62. The third kappa shape index (κ3) is 5.84. The summed E-state index contributed by atoms with van der Waals surface area (Å²) in [5.74, 6) is 0.361. The lowest BCUT2D eigenvalue weighted by atomic mass is 10.0. The zero-order chi connectivity index (χ0) is 27.3. The number of aromatic nitrogens is 2. The first-order valence-electron chi connectivity index (χ1n) is 13.1. The Morgan fingerprint density at radius 3 is 2.74 bits per heavy atom. The monoisotopic (exact) mass is 563 g/mol. The Bertz CT molecular complexity index is 1530. The number of ether oxygens (including phenoxy) is 1. The number of benzene rings is 2. The normalized spacial score (nSPS) is 19.0. The fourth-order valence-corrected chi connectivity index (χ4v) is 5.96. The van der Waals surface area contributed by atoms with Gasteiger partial charge < -0.3 is 15.0 Å². The zero-order valence-electron chi connectivity index (χ0n) is 22.1. The summed E-state index contributed by atoms with van der Waals surface area (Å²) in [4.78, 5) is 31.4. The third-order valence-electron chi connectivity index (χ3n) is 6.89. The van der Waals surface area contributed by atoms with E-state index in [1.54, 1.807) is 0 Å². The molecule has 2 aliphatic heterocycles. The molecule has 2 amide bonds. The van der Waals surface area contributed by atoms with Gasteiger partial charge in [-0.2, -0.15) is 10.1 Å². The fraction of sp³-hybridized carbons (Fsp3) is 0.379. The minimum Gasteiger partial charge on any atom is -0.444 e. The van der Waals surface area contributed by atoms with Gasteiger partial charge in [0, 0.05) is 23.5 Å². The molecule has 1 aliphatic carbocycles. The number of hydrogen-bond acceptors (Lipinski definition) is 6. The highest BCUT2D eigenvalue weighted by Crippen LogP contribution is 2.43. The Morgan fingerprint density at radius 1 is 1.21 bits per heavy atom. The van der Waals surface area contributed by atoms with Crippen LogP contribution in [0.15, 0.2) is 52.5 Å². The lowest BCUT2D eigenvalue weighted by molar-refractivity contribution is -0.113. The van der Waals surface area contributed by atoms with Crippen LogP contribution in [-0.2, 0) is 16.1 Å². The molecule has 2 aromatic carbocycles. The van der Waals surface area contributed by atoms with Crippen LogP contribution in [0.2, 0.25) is 5.02 Å². The average molecular weight is 564 g/mol. The van der Waals surface area contributed by atoms with Gasteiger partial charge in [-0.05, 0) is 98.3 Å². The van der Waals surface area contributed by atoms with E-state index in [-0.39, 0.29) is 11.9 Å². The van der Waals surface area contributed by atoms with E-state index in [2.05, 4.69) is 33.6 Å². The highest BCUT2D eigenvalue weighted by Gasteiger charge is 2.36. The van der Waals surface area contributed by atoms with Crippen LogP contribution in [0.5, 0.6) is 0 Å². The van der Waals surface area contributed by atoms with Crippen LogP contribution >= 0.6 is 23.4 Å². The maximum absolute atomic E-state index is 12.6. The number of halogens is 1. The van der Waals surface area contributed by atoms with Crippen molar-refractivity contribution >= 4 is 57.5 Å². The maximum atomic E-state index is 12.6. The van der Waals surface area contributed by atoms with E-state index in [1.165, 1.54) is 35.7 Å². The van der Waals surface area contributed by atoms with Crippen molar-refractivity contribution in [3.63, 3.8) is 0 Å². The van der Waals surface area contributed by atoms with Crippen LogP contribution in [0.4, 0.5) is 4.79 Å². The fourth-order valence-electron chi connectivity index (χ4n) is 4.85. The first kappa shape index (κ1) is 26.0. The minimum atomic E-state index is -0.539. The van der Waals surface area contributed by atoms with Gasteiger partial charge in [-0.15, -0.1) is 0 Å². The summed E-state index contributed by atoms with van der Waals surface area (Å²) in [5.41, 5.74) is 4.01. The molecule has 6 rings (SSSR count). The van der Waals surface area contributed by atoms with Gasteiger partial charge in [-0.1, -0.05) is 23.7 Å². The first-order chi connectivity index (χ1) is 18.6. The highest BCUT2D eigenvalue weighted by molar-refractivity contribution is 8.18. The summed E-state index contributed by atoms with van der Waals surface area (Å²) in [5, 5.41) is 9.96. The molecule has 3 heterocycles. The molecule has 39 heavy (non-hydrogen) atoms. The van der Waals surface area contributed by atoms with Crippen molar-refractivity contribution in [3.05, 3.63) is 69.2 Å². The number of carbonyl (C=O) groups is 2. The molecular formula is C29H30ClN5O3S. The van der Waals surface area contributed by atoms with Crippen molar-refractivity contribution in [1.29, 1.82) is 0 Å². The molecule has 0 unspecified atom stereocenters. The summed E-state index contributed by atoms with van der Waals surface area (Å²) in [6, 6.07) is 12.2. The lowest BCUT2D eigenvalue weighted by Gasteiger charge is -2.40. The van der Waals surface area contributed by atoms with Gasteiger partial charge in [-0.25, -0.2) is 4.79 Å². The van der Waals surface area contributed by atoms with Crippen molar-refractivity contribution in [2.24, 2.45) is 4.99 Å². The zero-order valence-corrected chi connectivity index (χ0v) is 23.7. The van der Waals surface area contributed by atoms with Gasteiger partial charge in [-0.3, -0.25) is 9.48 Å². The number of alkyl carbamates (subject to hydrolysis) is 1. The van der Waals surface area contributed by atoms with E-state index in [0.717, 1.165) is 21.5 Å². The number of nitrogens with one attached hydrogen (secondary N) is 1. The molecule has 2 fully saturated rings. The van der Waals surface area contributed by atoms with E-state index in [9.17, 15) is 9.59 Å². The first-order valence-corrected chi connectivity index (χ1v) is 14.3. The molecule has 1 saturated heterocycles. The second-order valence-electron chi connectivity index (χ2n) is 11.3. The van der Waals surface area contributed by atoms with Gasteiger partial charge >= 0.3 is 6.09 Å². The van der Waals surface area contributed by atoms with Crippen LogP contribution in [0.3, 0.4) is 0 Å². The summed E-state index contributed by atoms with van der Waals surface area (Å²) in [7, 11) is 0. The Kier molecular flexibility index (Phi) is 6.67. The number of thioether (sulfide) groups is 1. The molecular weight excluding hydrogens is 534 g/mol. The van der Waals surface area contributed by atoms with E-state index < -0.39 is 11.7 Å². The molecule has 1 N–H and O–H groups in total. The Labute approximate surface area is 236 Å². The Hall–Kier alpha value is -3.30. The van der Waals surface area contributed by atoms with Crippen LogP contribution in [-0.4, -0.2) is 56.6 Å². The minimum absolute atomic E-state index is 0.0292. The molecule has 0 atom stereocenters. The molecule has 1 saturated carbocycles. The number of likely N-dealkylation sites (tertiary alicyclic amines) is 1. The van der Waals surface area contributed by atoms with Crippen molar-refractivity contribution in [2.45, 2.75) is 57.7 Å². The van der Waals surface area contributed by atoms with Gasteiger partial charge in [0.1, 0.15) is 5.60 Å². The van der Waals surface area contributed by atoms with Crippen LogP contribution < -0.4 is 5.32 Å². The second-order valence-corrected chi connectivity index (χ2v) is 12.7. The largest absolute Gasteiger partial charge is 0.444 e. The molecule has 8 nitrogen and oxygen atoms in total. The molecule has 202 valence electrons. The van der Waals surface area contributed by atoms with Crippen LogP contribution in [0.1, 0.15) is 56.2 Å². The van der Waals surface area contributed by atoms with Crippen molar-refractivity contribution in [2.75, 3.05) is 13.1 Å². The van der Waals surface area contributed by atoms with Gasteiger partial charge in [0.05, 0.1) is 29.2 Å². The number of carbonyl (C=O) groups excluding carboxylic acids is 2. The van der Waals surface area contributed by atoms with E-state index >= 15 is 0 Å². The summed E-state index contributed by atoms with van der Waals surface area (Å²) in [6.07, 6.45) is 5.75. The molecule has 0 spiro atoms. The number of hydrogen-bond donors (Lipinski definition) is 1. The van der Waals surface area contributed by atoms with Gasteiger partial charge in [0.15, 0.2) is 5.17 Å². The molecule has 3 aromatic rings. The predicted octanol–water partition coefficient (Wildman–Crippen LogP) is 5.79. The van der Waals surface area contributed by atoms with Gasteiger partial charge in [0.2, 0.25) is 0 Å². The maximum Gasteiger partial charge on any atom is 0.407 e. The van der Waals surface area contributed by atoms with Crippen LogP contribution in [0.25, 0.3) is 17.0 Å². The summed E-state index contributed by atoms with van der Waals surface area (Å²) in [6.45, 7) is 7.37. The van der Waals surface area contributed by atoms with E-state index in [4.69, 9.17) is 16.3 Å². The number of rotatable bonds is 5. The Morgan fingerprint density at radius 2 is 2.00 bits per heavy atom. The summed E-state index contributed by atoms with van der Waals surface area (Å²) < 4.78 is 7.33. The van der Waals surface area contributed by atoms with E-state index in [1.807, 2.05) is 60.8 Å². The second kappa shape index (κ2) is 10.0. The van der Waals surface area contributed by atoms with Crippen molar-refractivity contribution < 1.29 is 14.3 Å². The smallest absolute Gasteiger partial charge is 0.407 e. The number of amidine groups is 1. The SMILES string of the molecule is CC(C)(C)OC(=O)NC1CN(C2=NC(=O)C(=Cc3ccc4c(cnn4Cc4ccc(Cl)cc4C4CC4)c3)S2)C1. The number of fused-ring (bicyclic) bond motifs is 1. The molecule has 0 bridgehead atoms. The molecule has 3 aliphatic rings. The predicted molar refractivity (Wildman–Crippen MR) is 155 cm³/mol. The number of nitrogens with zero attached hydrogens (tertiary/aromatic N) is 4. The molecule has 10 heteroatoms. The molecule has 1 aromatic heterocycles. The van der Waals surface area contributed by atoms with Crippen molar-refractivity contribution in [1.82, 2.24) is 20.0 Å². The van der Waals surface area contributed by atoms with E-state index in [0.29, 0.717) is 35.6 Å².